The van der Waals surface area contributed by atoms with E-state index in [1.807, 2.05) is 89.8 Å². The largest absolute Gasteiger partial charge is 0.280 e. The number of hydrogen-bond acceptors (Lipinski definition) is 1. The minimum Gasteiger partial charge on any atom is -0.280 e. The molecule has 0 unspecified atom stereocenters. The van der Waals surface area contributed by atoms with Crippen LogP contribution in [0.15, 0.2) is 97.6 Å². The molecule has 3 aromatic carbocycles. The summed E-state index contributed by atoms with van der Waals surface area (Å²) in [5.41, 5.74) is 3.15. The normalized spacial score (nSPS) is 18.9. The fourth-order valence-corrected chi connectivity index (χ4v) is 3.81. The molecule has 0 saturated carbocycles. The summed E-state index contributed by atoms with van der Waals surface area (Å²) in [6.45, 7) is 3.93. The molecule has 1 aliphatic rings. The lowest BCUT2D eigenvalue weighted by atomic mass is 9.73. The molecule has 1 amide bonds. The van der Waals surface area contributed by atoms with Gasteiger partial charge in [-0.25, -0.2) is 0 Å². The van der Waals surface area contributed by atoms with Gasteiger partial charge in [-0.05, 0) is 35.7 Å². The lowest BCUT2D eigenvalue weighted by Crippen LogP contribution is -2.39. The maximum atomic E-state index is 13.8. The second kappa shape index (κ2) is 6.06. The molecular formula is C23H19NO. The number of anilines is 2. The van der Waals surface area contributed by atoms with Gasteiger partial charge in [-0.1, -0.05) is 72.8 Å². The molecule has 2 heteroatoms. The first-order valence-electron chi connectivity index (χ1n) is 8.44. The number of hydrogen-bond donors (Lipinski definition) is 0. The number of fused-ring (bicyclic) bond motifs is 1. The van der Waals surface area contributed by atoms with Crippen LogP contribution in [0.3, 0.4) is 0 Å². The molecule has 1 aliphatic heterocycles. The van der Waals surface area contributed by atoms with Crippen LogP contribution in [0.5, 0.6) is 0 Å². The Balaban J connectivity index is 2.00. The maximum absolute atomic E-state index is 13.8. The van der Waals surface area contributed by atoms with Crippen LogP contribution in [0.1, 0.15) is 17.5 Å². The predicted molar refractivity (Wildman–Crippen MR) is 102 cm³/mol. The number of carbonyl (C=O) groups is 1. The van der Waals surface area contributed by atoms with Crippen molar-refractivity contribution in [3.8, 4) is 0 Å². The van der Waals surface area contributed by atoms with Crippen molar-refractivity contribution in [3.63, 3.8) is 0 Å². The van der Waals surface area contributed by atoms with E-state index in [0.717, 1.165) is 22.5 Å². The van der Waals surface area contributed by atoms with E-state index < -0.39 is 5.41 Å². The zero-order chi connectivity index (χ0) is 17.3. The van der Waals surface area contributed by atoms with Crippen LogP contribution in [-0.4, -0.2) is 5.91 Å². The van der Waals surface area contributed by atoms with Gasteiger partial charge in [-0.3, -0.25) is 9.69 Å². The Bertz CT molecular complexity index is 917. The number of rotatable bonds is 4. The summed E-state index contributed by atoms with van der Waals surface area (Å²) in [6, 6.07) is 27.9. The summed E-state index contributed by atoms with van der Waals surface area (Å²) in [7, 11) is 0. The van der Waals surface area contributed by atoms with E-state index in [1.165, 1.54) is 0 Å². The third-order valence-corrected chi connectivity index (χ3v) is 4.90. The van der Waals surface area contributed by atoms with Crippen LogP contribution in [0.2, 0.25) is 0 Å². The average molecular weight is 325 g/mol. The van der Waals surface area contributed by atoms with Crippen molar-refractivity contribution in [2.24, 2.45) is 0 Å². The van der Waals surface area contributed by atoms with Crippen molar-refractivity contribution >= 4 is 17.3 Å². The van der Waals surface area contributed by atoms with Crippen LogP contribution in [-0.2, 0) is 10.2 Å². The van der Waals surface area contributed by atoms with Gasteiger partial charge in [-0.2, -0.15) is 0 Å². The van der Waals surface area contributed by atoms with Crippen molar-refractivity contribution in [3.05, 3.63) is 109 Å². The Labute approximate surface area is 148 Å². The number of benzene rings is 3. The Morgan fingerprint density at radius 3 is 2.12 bits per heavy atom. The van der Waals surface area contributed by atoms with Crippen molar-refractivity contribution < 1.29 is 4.79 Å². The number of allylic oxidation sites excluding steroid dienone is 1. The van der Waals surface area contributed by atoms with Crippen LogP contribution in [0.4, 0.5) is 11.4 Å². The molecule has 0 spiro atoms. The van der Waals surface area contributed by atoms with E-state index in [-0.39, 0.29) is 5.91 Å². The number of amides is 1. The van der Waals surface area contributed by atoms with Gasteiger partial charge in [0.05, 0.1) is 5.69 Å². The van der Waals surface area contributed by atoms with Gasteiger partial charge in [0.2, 0.25) is 5.91 Å². The highest BCUT2D eigenvalue weighted by Gasteiger charge is 2.51. The highest BCUT2D eigenvalue weighted by molar-refractivity contribution is 6.15. The number of carbonyl (C=O) groups excluding carboxylic acids is 1. The summed E-state index contributed by atoms with van der Waals surface area (Å²) in [5, 5.41) is 0. The minimum atomic E-state index is -0.727. The van der Waals surface area contributed by atoms with Crippen molar-refractivity contribution in [2.45, 2.75) is 11.8 Å². The lowest BCUT2D eigenvalue weighted by Gasteiger charge is -2.28. The molecule has 0 bridgehead atoms. The van der Waals surface area contributed by atoms with E-state index >= 15 is 0 Å². The summed E-state index contributed by atoms with van der Waals surface area (Å²) in [6.07, 6.45) is 2.41. The highest BCUT2D eigenvalue weighted by atomic mass is 16.2. The molecule has 0 N–H and O–H groups in total. The van der Waals surface area contributed by atoms with E-state index in [0.29, 0.717) is 6.42 Å². The van der Waals surface area contributed by atoms with Crippen molar-refractivity contribution in [1.29, 1.82) is 0 Å². The molecule has 1 atom stereocenters. The van der Waals surface area contributed by atoms with Gasteiger partial charge >= 0.3 is 0 Å². The molecule has 0 aliphatic carbocycles. The predicted octanol–water partition coefficient (Wildman–Crippen LogP) is 5.23. The SMILES string of the molecule is C=CC[C@@]1(c2ccccc2)C(=O)N(c2ccccc2)c2ccccc21. The molecular weight excluding hydrogens is 306 g/mol. The standard InChI is InChI=1S/C23H19NO/c1-2-17-23(18-11-5-3-6-12-18)20-15-9-10-16-21(20)24(22(23)25)19-13-7-4-8-14-19/h2-16H,1,17H2/t23-/m0/s1. The second-order valence-electron chi connectivity index (χ2n) is 6.26. The smallest absolute Gasteiger partial charge is 0.247 e. The van der Waals surface area contributed by atoms with Gasteiger partial charge in [0.25, 0.3) is 0 Å². The Kier molecular flexibility index (Phi) is 3.73. The minimum absolute atomic E-state index is 0.0750. The number of para-hydroxylation sites is 2. The summed E-state index contributed by atoms with van der Waals surface area (Å²) in [4.78, 5) is 15.6. The fraction of sp³-hybridized carbons (Fsp3) is 0.0870. The van der Waals surface area contributed by atoms with Gasteiger partial charge in [0.15, 0.2) is 0 Å². The zero-order valence-electron chi connectivity index (χ0n) is 13.9. The molecule has 4 rings (SSSR count). The zero-order valence-corrected chi connectivity index (χ0v) is 13.9. The third kappa shape index (κ3) is 2.22. The lowest BCUT2D eigenvalue weighted by molar-refractivity contribution is -0.121. The highest BCUT2D eigenvalue weighted by Crippen LogP contribution is 2.50. The van der Waals surface area contributed by atoms with Crippen molar-refractivity contribution in [2.75, 3.05) is 4.90 Å². The molecule has 0 fully saturated rings. The Morgan fingerprint density at radius 1 is 0.840 bits per heavy atom. The third-order valence-electron chi connectivity index (χ3n) is 4.90. The van der Waals surface area contributed by atoms with E-state index in [2.05, 4.69) is 12.6 Å². The quantitative estimate of drug-likeness (QED) is 0.602. The number of nitrogens with zero attached hydrogens (tertiary/aromatic N) is 1. The van der Waals surface area contributed by atoms with Gasteiger partial charge < -0.3 is 0 Å². The molecule has 0 saturated heterocycles. The molecule has 0 radical (unpaired) electrons. The Morgan fingerprint density at radius 2 is 1.44 bits per heavy atom. The van der Waals surface area contributed by atoms with Crippen LogP contribution in [0.25, 0.3) is 0 Å². The molecule has 1 heterocycles. The first-order valence-corrected chi connectivity index (χ1v) is 8.44. The van der Waals surface area contributed by atoms with Gasteiger partial charge in [0.1, 0.15) is 5.41 Å². The summed E-state index contributed by atoms with van der Waals surface area (Å²) < 4.78 is 0. The van der Waals surface area contributed by atoms with Crippen LogP contribution < -0.4 is 4.90 Å². The van der Waals surface area contributed by atoms with E-state index in [4.69, 9.17) is 0 Å². The summed E-state index contributed by atoms with van der Waals surface area (Å²) >= 11 is 0. The van der Waals surface area contributed by atoms with E-state index in [9.17, 15) is 4.79 Å². The van der Waals surface area contributed by atoms with Crippen LogP contribution >= 0.6 is 0 Å². The first-order chi connectivity index (χ1) is 12.3. The topological polar surface area (TPSA) is 20.3 Å². The molecule has 0 aromatic heterocycles. The fourth-order valence-electron chi connectivity index (χ4n) is 3.81. The molecule has 3 aromatic rings. The van der Waals surface area contributed by atoms with Gasteiger partial charge in [-0.15, -0.1) is 6.58 Å². The molecule has 25 heavy (non-hydrogen) atoms. The second-order valence-corrected chi connectivity index (χ2v) is 6.26. The molecule has 2 nitrogen and oxygen atoms in total. The summed E-state index contributed by atoms with van der Waals surface area (Å²) in [5.74, 6) is 0.0750. The Hall–Kier alpha value is -3.13. The van der Waals surface area contributed by atoms with Crippen molar-refractivity contribution in [1.82, 2.24) is 0 Å². The van der Waals surface area contributed by atoms with Crippen LogP contribution in [0, 0.1) is 0 Å². The first kappa shape index (κ1) is 15.4. The molecule has 122 valence electrons. The monoisotopic (exact) mass is 325 g/mol. The maximum Gasteiger partial charge on any atom is 0.247 e. The van der Waals surface area contributed by atoms with E-state index in [1.54, 1.807) is 0 Å². The van der Waals surface area contributed by atoms with Gasteiger partial charge in [0, 0.05) is 5.69 Å². The average Bonchev–Trinajstić information content (AvgIpc) is 2.93.